The summed E-state index contributed by atoms with van der Waals surface area (Å²) in [4.78, 5) is 47.0. The molecule has 3 N–H and O–H groups in total. The van der Waals surface area contributed by atoms with Gasteiger partial charge in [0.2, 0.25) is 11.8 Å². The molecule has 2 aromatic rings. The van der Waals surface area contributed by atoms with Crippen molar-refractivity contribution in [2.75, 3.05) is 18.4 Å². The van der Waals surface area contributed by atoms with E-state index in [1.807, 2.05) is 0 Å². The second-order valence-electron chi connectivity index (χ2n) is 6.89. The van der Waals surface area contributed by atoms with Crippen molar-refractivity contribution in [2.45, 2.75) is 32.2 Å². The second-order valence-corrected chi connectivity index (χ2v) is 6.89. The molecule has 1 fully saturated rings. The van der Waals surface area contributed by atoms with Crippen LogP contribution in [0, 0.1) is 0 Å². The molecule has 152 valence electrons. The molecule has 0 spiro atoms. The highest BCUT2D eigenvalue weighted by molar-refractivity contribution is 5.95. The number of rotatable bonds is 8. The molecular weight excluding hydrogens is 374 g/mol. The van der Waals surface area contributed by atoms with Crippen LogP contribution in [0.2, 0.25) is 0 Å². The van der Waals surface area contributed by atoms with Gasteiger partial charge in [0.15, 0.2) is 0 Å². The molecule has 29 heavy (non-hydrogen) atoms. The molecule has 9 heteroatoms. The van der Waals surface area contributed by atoms with Crippen LogP contribution in [0.3, 0.4) is 0 Å². The molecule has 0 aliphatic heterocycles. The molecule has 1 heterocycles. The minimum atomic E-state index is -0.346. The topological polar surface area (TPSA) is 122 Å². The van der Waals surface area contributed by atoms with Crippen LogP contribution in [0.5, 0.6) is 0 Å². The summed E-state index contributed by atoms with van der Waals surface area (Å²) < 4.78 is 1.16. The Morgan fingerprint density at radius 1 is 1.03 bits per heavy atom. The second kappa shape index (κ2) is 9.13. The van der Waals surface area contributed by atoms with Gasteiger partial charge < -0.3 is 16.0 Å². The van der Waals surface area contributed by atoms with Crippen LogP contribution in [-0.4, -0.2) is 40.6 Å². The predicted molar refractivity (Wildman–Crippen MR) is 107 cm³/mol. The van der Waals surface area contributed by atoms with E-state index in [1.165, 1.54) is 13.0 Å². The van der Waals surface area contributed by atoms with Crippen molar-refractivity contribution in [1.29, 1.82) is 0 Å². The largest absolute Gasteiger partial charge is 0.353 e. The first kappa shape index (κ1) is 20.2. The number of aromatic nitrogens is 2. The Bertz CT molecular complexity index is 964. The Morgan fingerprint density at radius 3 is 2.38 bits per heavy atom. The number of anilines is 1. The number of nitrogens with one attached hydrogen (secondary N) is 3. The highest BCUT2D eigenvalue weighted by Crippen LogP contribution is 2.38. The lowest BCUT2D eigenvalue weighted by molar-refractivity contribution is -0.122. The van der Waals surface area contributed by atoms with Crippen molar-refractivity contribution in [1.82, 2.24) is 20.4 Å². The van der Waals surface area contributed by atoms with E-state index in [-0.39, 0.29) is 42.9 Å². The van der Waals surface area contributed by atoms with Gasteiger partial charge in [-0.25, -0.2) is 4.68 Å². The normalized spacial score (nSPS) is 12.9. The van der Waals surface area contributed by atoms with Crippen LogP contribution in [0.25, 0.3) is 0 Å². The Hall–Kier alpha value is -3.49. The van der Waals surface area contributed by atoms with Gasteiger partial charge >= 0.3 is 0 Å². The van der Waals surface area contributed by atoms with Crippen molar-refractivity contribution in [3.63, 3.8) is 0 Å². The predicted octanol–water partition coefficient (Wildman–Crippen LogP) is 0.625. The van der Waals surface area contributed by atoms with E-state index in [0.717, 1.165) is 23.2 Å². The van der Waals surface area contributed by atoms with E-state index in [9.17, 15) is 19.2 Å². The summed E-state index contributed by atoms with van der Waals surface area (Å²) in [6.07, 6.45) is 2.13. The van der Waals surface area contributed by atoms with Gasteiger partial charge in [0.25, 0.3) is 11.5 Å². The average Bonchev–Trinajstić information content (AvgIpc) is 3.52. The number of hydrogen-bond donors (Lipinski definition) is 3. The maximum atomic E-state index is 12.1. The molecule has 1 aliphatic rings. The Morgan fingerprint density at radius 2 is 1.72 bits per heavy atom. The van der Waals surface area contributed by atoms with E-state index in [1.54, 1.807) is 30.3 Å². The lowest BCUT2D eigenvalue weighted by Crippen LogP contribution is -2.38. The summed E-state index contributed by atoms with van der Waals surface area (Å²) in [6.45, 7) is 1.72. The SMILES string of the molecule is CC(=O)Nc1ccc(C(=O)NCCNC(=O)Cn2nc(C3CC3)ccc2=O)cc1. The van der Waals surface area contributed by atoms with Gasteiger partial charge in [-0.05, 0) is 43.2 Å². The summed E-state index contributed by atoms with van der Waals surface area (Å²) in [7, 11) is 0. The molecule has 1 aromatic carbocycles. The van der Waals surface area contributed by atoms with E-state index < -0.39 is 0 Å². The summed E-state index contributed by atoms with van der Waals surface area (Å²) >= 11 is 0. The van der Waals surface area contributed by atoms with Gasteiger partial charge in [-0.15, -0.1) is 0 Å². The van der Waals surface area contributed by atoms with E-state index in [4.69, 9.17) is 0 Å². The van der Waals surface area contributed by atoms with Crippen LogP contribution in [-0.2, 0) is 16.1 Å². The quantitative estimate of drug-likeness (QED) is 0.564. The lowest BCUT2D eigenvalue weighted by Gasteiger charge is -2.09. The fraction of sp³-hybridized carbons (Fsp3) is 0.350. The minimum absolute atomic E-state index is 0.155. The molecule has 0 bridgehead atoms. The third-order valence-electron chi connectivity index (χ3n) is 4.38. The highest BCUT2D eigenvalue weighted by Gasteiger charge is 2.25. The van der Waals surface area contributed by atoms with Crippen molar-refractivity contribution >= 4 is 23.4 Å². The Labute approximate surface area is 167 Å². The zero-order valence-corrected chi connectivity index (χ0v) is 16.1. The van der Waals surface area contributed by atoms with Crippen LogP contribution >= 0.6 is 0 Å². The highest BCUT2D eigenvalue weighted by atomic mass is 16.2. The van der Waals surface area contributed by atoms with Crippen LogP contribution in [0.4, 0.5) is 5.69 Å². The zero-order chi connectivity index (χ0) is 20.8. The smallest absolute Gasteiger partial charge is 0.267 e. The van der Waals surface area contributed by atoms with Crippen LogP contribution in [0.15, 0.2) is 41.2 Å². The number of nitrogens with zero attached hydrogens (tertiary/aromatic N) is 2. The van der Waals surface area contributed by atoms with Crippen molar-refractivity contribution in [2.24, 2.45) is 0 Å². The monoisotopic (exact) mass is 397 g/mol. The first-order valence-electron chi connectivity index (χ1n) is 9.43. The summed E-state index contributed by atoms with van der Waals surface area (Å²) in [5.41, 5.74) is 1.57. The van der Waals surface area contributed by atoms with Gasteiger partial charge in [-0.3, -0.25) is 19.2 Å². The average molecular weight is 397 g/mol. The van der Waals surface area contributed by atoms with Gasteiger partial charge in [-0.2, -0.15) is 5.10 Å². The standard InChI is InChI=1S/C20H23N5O4/c1-13(26)23-16-6-4-15(5-7-16)20(29)22-11-10-21-18(27)12-25-19(28)9-8-17(24-25)14-2-3-14/h4-9,14H,2-3,10-12H2,1H3,(H,21,27)(H,22,29)(H,23,26). The maximum absolute atomic E-state index is 12.1. The number of amides is 3. The Kier molecular flexibility index (Phi) is 6.38. The number of benzene rings is 1. The van der Waals surface area contributed by atoms with Gasteiger partial charge in [0, 0.05) is 43.2 Å². The zero-order valence-electron chi connectivity index (χ0n) is 16.1. The molecule has 3 rings (SSSR count). The van der Waals surface area contributed by atoms with Crippen molar-refractivity contribution in [3.8, 4) is 0 Å². The molecule has 0 atom stereocenters. The molecule has 9 nitrogen and oxygen atoms in total. The lowest BCUT2D eigenvalue weighted by atomic mass is 10.2. The van der Waals surface area contributed by atoms with Crippen LogP contribution < -0.4 is 21.5 Å². The van der Waals surface area contributed by atoms with Crippen molar-refractivity contribution in [3.05, 3.63) is 58.0 Å². The molecule has 0 saturated heterocycles. The maximum Gasteiger partial charge on any atom is 0.267 e. The third-order valence-corrected chi connectivity index (χ3v) is 4.38. The van der Waals surface area contributed by atoms with E-state index in [0.29, 0.717) is 17.2 Å². The van der Waals surface area contributed by atoms with E-state index in [2.05, 4.69) is 21.0 Å². The first-order valence-corrected chi connectivity index (χ1v) is 9.43. The molecule has 1 aliphatic carbocycles. The summed E-state index contributed by atoms with van der Waals surface area (Å²) in [5, 5.41) is 12.2. The molecule has 0 unspecified atom stereocenters. The van der Waals surface area contributed by atoms with Gasteiger partial charge in [0.1, 0.15) is 6.54 Å². The van der Waals surface area contributed by atoms with Gasteiger partial charge in [0.05, 0.1) is 5.69 Å². The Balaban J connectivity index is 1.41. The van der Waals surface area contributed by atoms with Crippen molar-refractivity contribution < 1.29 is 14.4 Å². The summed E-state index contributed by atoms with van der Waals surface area (Å²) in [5.74, 6) is -0.424. The number of carbonyl (C=O) groups is 3. The van der Waals surface area contributed by atoms with Crippen LogP contribution in [0.1, 0.15) is 41.7 Å². The number of carbonyl (C=O) groups excluding carboxylic acids is 3. The molecule has 1 aromatic heterocycles. The van der Waals surface area contributed by atoms with Gasteiger partial charge in [-0.1, -0.05) is 0 Å². The molecule has 0 radical (unpaired) electrons. The third kappa shape index (κ3) is 6.00. The minimum Gasteiger partial charge on any atom is -0.353 e. The van der Waals surface area contributed by atoms with E-state index >= 15 is 0 Å². The molecule has 1 saturated carbocycles. The first-order chi connectivity index (χ1) is 13.9. The number of hydrogen-bond acceptors (Lipinski definition) is 5. The fourth-order valence-corrected chi connectivity index (χ4v) is 2.75. The molecular formula is C20H23N5O4. The fourth-order valence-electron chi connectivity index (χ4n) is 2.75. The summed E-state index contributed by atoms with van der Waals surface area (Å²) in [6, 6.07) is 9.63. The molecule has 3 amide bonds.